The molecule has 0 saturated heterocycles. The molecule has 150 valence electrons. The van der Waals surface area contributed by atoms with Crippen LogP contribution in [0.3, 0.4) is 0 Å². The van der Waals surface area contributed by atoms with Crippen LogP contribution in [0.2, 0.25) is 0 Å². The molecule has 1 fully saturated rings. The smallest absolute Gasteiger partial charge is 0.240 e. The van der Waals surface area contributed by atoms with Gasteiger partial charge < -0.3 is 9.64 Å². The third kappa shape index (κ3) is 5.56. The molecule has 1 aliphatic carbocycles. The van der Waals surface area contributed by atoms with E-state index in [-0.39, 0.29) is 16.8 Å². The molecule has 1 saturated carbocycles. The van der Waals surface area contributed by atoms with Gasteiger partial charge in [0.15, 0.2) is 0 Å². The summed E-state index contributed by atoms with van der Waals surface area (Å²) < 4.78 is 32.2. The predicted molar refractivity (Wildman–Crippen MR) is 108 cm³/mol. The van der Waals surface area contributed by atoms with Gasteiger partial charge in [0.1, 0.15) is 5.75 Å². The van der Waals surface area contributed by atoms with Gasteiger partial charge in [0, 0.05) is 26.1 Å². The zero-order chi connectivity index (χ0) is 20.1. The lowest BCUT2D eigenvalue weighted by atomic mass is 10.1. The van der Waals surface area contributed by atoms with Crippen LogP contribution in [0, 0.1) is 0 Å². The van der Waals surface area contributed by atoms with E-state index < -0.39 is 10.0 Å². The molecule has 0 spiro atoms. The highest BCUT2D eigenvalue weighted by atomic mass is 32.2. The molecule has 1 aliphatic rings. The summed E-state index contributed by atoms with van der Waals surface area (Å²) in [5.74, 6) is 0.832. The van der Waals surface area contributed by atoms with Crippen LogP contribution in [-0.4, -0.2) is 39.4 Å². The summed E-state index contributed by atoms with van der Waals surface area (Å²) in [5.41, 5.74) is 1.98. The average Bonchev–Trinajstić information content (AvgIpc) is 3.50. The SMILES string of the molecule is COc1ccc(CN(C)C(=O)CCc2ccc(S(=O)(=O)NC3CC3)cc2)cc1. The number of rotatable bonds is 9. The first-order valence-corrected chi connectivity index (χ1v) is 10.8. The fourth-order valence-corrected chi connectivity index (χ4v) is 4.16. The lowest BCUT2D eigenvalue weighted by molar-refractivity contribution is -0.130. The number of methoxy groups -OCH3 is 1. The van der Waals surface area contributed by atoms with Crippen LogP contribution in [0.5, 0.6) is 5.75 Å². The second kappa shape index (κ2) is 8.75. The lowest BCUT2D eigenvalue weighted by Crippen LogP contribution is -2.26. The van der Waals surface area contributed by atoms with Crippen molar-refractivity contribution in [1.29, 1.82) is 0 Å². The van der Waals surface area contributed by atoms with E-state index in [0.717, 1.165) is 29.7 Å². The number of carbonyl (C=O) groups excluding carboxylic acids is 1. The number of nitrogens with zero attached hydrogens (tertiary/aromatic N) is 1. The minimum absolute atomic E-state index is 0.0444. The zero-order valence-electron chi connectivity index (χ0n) is 16.2. The summed E-state index contributed by atoms with van der Waals surface area (Å²) in [6, 6.07) is 14.5. The molecular weight excluding hydrogens is 376 g/mol. The lowest BCUT2D eigenvalue weighted by Gasteiger charge is -2.17. The quantitative estimate of drug-likeness (QED) is 0.700. The predicted octanol–water partition coefficient (Wildman–Crippen LogP) is 2.73. The minimum Gasteiger partial charge on any atom is -0.497 e. The van der Waals surface area contributed by atoms with Crippen molar-refractivity contribution in [3.05, 3.63) is 59.7 Å². The van der Waals surface area contributed by atoms with Crippen molar-refractivity contribution in [3.8, 4) is 5.75 Å². The number of ether oxygens (including phenoxy) is 1. The molecule has 6 nitrogen and oxygen atoms in total. The first kappa shape index (κ1) is 20.4. The van der Waals surface area contributed by atoms with E-state index in [2.05, 4.69) is 4.72 Å². The second-order valence-electron chi connectivity index (χ2n) is 7.14. The summed E-state index contributed by atoms with van der Waals surface area (Å²) in [7, 11) is -0.0275. The molecule has 0 heterocycles. The van der Waals surface area contributed by atoms with Crippen molar-refractivity contribution in [1.82, 2.24) is 9.62 Å². The van der Waals surface area contributed by atoms with Gasteiger partial charge in [0.25, 0.3) is 0 Å². The number of hydrogen-bond donors (Lipinski definition) is 1. The van der Waals surface area contributed by atoms with Crippen molar-refractivity contribution in [2.75, 3.05) is 14.2 Å². The normalized spacial score (nSPS) is 13.9. The standard InChI is InChI=1S/C21H26N2O4S/c1-23(15-17-3-10-19(27-2)11-4-17)21(24)14-7-16-5-12-20(13-6-16)28(25,26)22-18-8-9-18/h3-6,10-13,18,22H,7-9,14-15H2,1-2H3. The number of amides is 1. The fraction of sp³-hybridized carbons (Fsp3) is 0.381. The maximum absolute atomic E-state index is 12.4. The summed E-state index contributed by atoms with van der Waals surface area (Å²) >= 11 is 0. The van der Waals surface area contributed by atoms with Gasteiger partial charge in [-0.3, -0.25) is 4.79 Å². The molecule has 0 aromatic heterocycles. The van der Waals surface area contributed by atoms with Crippen molar-refractivity contribution < 1.29 is 17.9 Å². The van der Waals surface area contributed by atoms with E-state index >= 15 is 0 Å². The number of nitrogens with one attached hydrogen (secondary N) is 1. The summed E-state index contributed by atoms with van der Waals surface area (Å²) in [4.78, 5) is 14.4. The Labute approximate surface area is 166 Å². The molecule has 0 aliphatic heterocycles. The molecule has 2 aromatic rings. The van der Waals surface area contributed by atoms with Crippen LogP contribution in [0.1, 0.15) is 30.4 Å². The number of benzene rings is 2. The fourth-order valence-electron chi connectivity index (χ4n) is 2.86. The molecule has 1 amide bonds. The van der Waals surface area contributed by atoms with E-state index in [1.54, 1.807) is 43.3 Å². The minimum atomic E-state index is -3.43. The van der Waals surface area contributed by atoms with E-state index in [1.807, 2.05) is 24.3 Å². The largest absolute Gasteiger partial charge is 0.497 e. The van der Waals surface area contributed by atoms with Crippen molar-refractivity contribution >= 4 is 15.9 Å². The molecule has 7 heteroatoms. The highest BCUT2D eigenvalue weighted by Gasteiger charge is 2.27. The third-order valence-electron chi connectivity index (χ3n) is 4.76. The molecule has 0 bridgehead atoms. The highest BCUT2D eigenvalue weighted by molar-refractivity contribution is 7.89. The summed E-state index contributed by atoms with van der Waals surface area (Å²) in [6.45, 7) is 0.535. The van der Waals surface area contributed by atoms with Gasteiger partial charge in [-0.15, -0.1) is 0 Å². The maximum atomic E-state index is 12.4. The molecule has 0 atom stereocenters. The van der Waals surface area contributed by atoms with Crippen LogP contribution in [0.15, 0.2) is 53.4 Å². The van der Waals surface area contributed by atoms with Gasteiger partial charge in [0.05, 0.1) is 12.0 Å². The Hall–Kier alpha value is -2.38. The Bertz CT molecular complexity index is 904. The van der Waals surface area contributed by atoms with E-state index in [1.165, 1.54) is 0 Å². The van der Waals surface area contributed by atoms with Crippen LogP contribution in [0.4, 0.5) is 0 Å². The molecule has 0 unspecified atom stereocenters. The molecular formula is C21H26N2O4S. The number of sulfonamides is 1. The van der Waals surface area contributed by atoms with Gasteiger partial charge in [-0.25, -0.2) is 13.1 Å². The first-order chi connectivity index (χ1) is 13.4. The van der Waals surface area contributed by atoms with E-state index in [9.17, 15) is 13.2 Å². The number of carbonyl (C=O) groups is 1. The monoisotopic (exact) mass is 402 g/mol. The van der Waals surface area contributed by atoms with Crippen molar-refractivity contribution in [3.63, 3.8) is 0 Å². The molecule has 2 aromatic carbocycles. The van der Waals surface area contributed by atoms with Crippen LogP contribution >= 0.6 is 0 Å². The van der Waals surface area contributed by atoms with Crippen molar-refractivity contribution in [2.24, 2.45) is 0 Å². The van der Waals surface area contributed by atoms with Crippen LogP contribution in [-0.2, 0) is 27.8 Å². The third-order valence-corrected chi connectivity index (χ3v) is 6.30. The van der Waals surface area contributed by atoms with Gasteiger partial charge in [-0.2, -0.15) is 0 Å². The molecule has 28 heavy (non-hydrogen) atoms. The Morgan fingerprint density at radius 3 is 2.25 bits per heavy atom. The number of hydrogen-bond acceptors (Lipinski definition) is 4. The summed E-state index contributed by atoms with van der Waals surface area (Å²) in [6.07, 6.45) is 2.76. The Morgan fingerprint density at radius 2 is 1.68 bits per heavy atom. The zero-order valence-corrected chi connectivity index (χ0v) is 17.0. The van der Waals surface area contributed by atoms with Crippen LogP contribution in [0.25, 0.3) is 0 Å². The van der Waals surface area contributed by atoms with E-state index in [4.69, 9.17) is 4.74 Å². The molecule has 0 radical (unpaired) electrons. The Morgan fingerprint density at radius 1 is 1.07 bits per heavy atom. The second-order valence-corrected chi connectivity index (χ2v) is 8.85. The Balaban J connectivity index is 1.50. The van der Waals surface area contributed by atoms with Crippen molar-refractivity contribution in [2.45, 2.75) is 43.2 Å². The van der Waals surface area contributed by atoms with Crippen LogP contribution < -0.4 is 9.46 Å². The number of aryl methyl sites for hydroxylation is 1. The topological polar surface area (TPSA) is 75.7 Å². The average molecular weight is 403 g/mol. The van der Waals surface area contributed by atoms with Gasteiger partial charge >= 0.3 is 0 Å². The Kier molecular flexibility index (Phi) is 6.36. The summed E-state index contributed by atoms with van der Waals surface area (Å²) in [5, 5.41) is 0. The van der Waals surface area contributed by atoms with Gasteiger partial charge in [-0.1, -0.05) is 24.3 Å². The molecule has 1 N–H and O–H groups in total. The van der Waals surface area contributed by atoms with E-state index in [0.29, 0.717) is 19.4 Å². The van der Waals surface area contributed by atoms with Gasteiger partial charge in [0.2, 0.25) is 15.9 Å². The highest BCUT2D eigenvalue weighted by Crippen LogP contribution is 2.22. The maximum Gasteiger partial charge on any atom is 0.240 e. The van der Waals surface area contributed by atoms with Gasteiger partial charge in [-0.05, 0) is 54.7 Å². The first-order valence-electron chi connectivity index (χ1n) is 9.35. The molecule has 3 rings (SSSR count).